The number of carbonyl (C=O) groups is 1. The molecule has 0 unspecified atom stereocenters. The molecule has 2 aromatic rings. The minimum absolute atomic E-state index is 0.0249. The van der Waals surface area contributed by atoms with Gasteiger partial charge >= 0.3 is 0 Å². The van der Waals surface area contributed by atoms with E-state index in [1.54, 1.807) is 6.07 Å². The highest BCUT2D eigenvalue weighted by Crippen LogP contribution is 2.28. The highest BCUT2D eigenvalue weighted by Gasteiger charge is 2.16. The van der Waals surface area contributed by atoms with Crippen molar-refractivity contribution in [3.8, 4) is 11.5 Å². The summed E-state index contributed by atoms with van der Waals surface area (Å²) in [6.07, 6.45) is 2.01. The van der Waals surface area contributed by atoms with Gasteiger partial charge in [0.15, 0.2) is 0 Å². The Balaban J connectivity index is 2.22. The standard InChI is InChI=1S/C20H24BrNO3/c1-4-5-12-24-18-11-10-15(21)13-16(18)20(23)22-17-8-6-7-9-19(17)25-14(2)3/h6-11,13-14H,4-5,12H2,1-3H3,(H,22,23). The number of rotatable bonds is 8. The maximum absolute atomic E-state index is 12.8. The van der Waals surface area contributed by atoms with Crippen molar-refractivity contribution >= 4 is 27.5 Å². The highest BCUT2D eigenvalue weighted by molar-refractivity contribution is 9.10. The van der Waals surface area contributed by atoms with Crippen LogP contribution in [-0.2, 0) is 0 Å². The van der Waals surface area contributed by atoms with Crippen molar-refractivity contribution in [1.29, 1.82) is 0 Å². The normalized spacial score (nSPS) is 10.6. The first kappa shape index (κ1) is 19.3. The molecule has 1 N–H and O–H groups in total. The number of nitrogens with one attached hydrogen (secondary N) is 1. The molecule has 25 heavy (non-hydrogen) atoms. The monoisotopic (exact) mass is 405 g/mol. The van der Waals surface area contributed by atoms with Crippen LogP contribution in [0.4, 0.5) is 5.69 Å². The number of para-hydroxylation sites is 2. The Labute approximate surface area is 157 Å². The zero-order valence-corrected chi connectivity index (χ0v) is 16.4. The Hall–Kier alpha value is -2.01. The van der Waals surface area contributed by atoms with Crippen molar-refractivity contribution in [3.05, 3.63) is 52.5 Å². The van der Waals surface area contributed by atoms with Crippen LogP contribution in [0.5, 0.6) is 11.5 Å². The second-order valence-corrected chi connectivity index (χ2v) is 6.88. The summed E-state index contributed by atoms with van der Waals surface area (Å²) in [4.78, 5) is 12.8. The molecule has 2 aromatic carbocycles. The van der Waals surface area contributed by atoms with Crippen LogP contribution < -0.4 is 14.8 Å². The van der Waals surface area contributed by atoms with Gasteiger partial charge in [-0.3, -0.25) is 4.79 Å². The van der Waals surface area contributed by atoms with E-state index in [0.29, 0.717) is 29.4 Å². The number of anilines is 1. The lowest BCUT2D eigenvalue weighted by Gasteiger charge is -2.16. The molecule has 0 bridgehead atoms. The van der Waals surface area contributed by atoms with Gasteiger partial charge in [-0.05, 0) is 50.6 Å². The molecule has 0 spiro atoms. The average Bonchev–Trinajstić information content (AvgIpc) is 2.57. The number of hydrogen-bond donors (Lipinski definition) is 1. The van der Waals surface area contributed by atoms with Gasteiger partial charge in [-0.2, -0.15) is 0 Å². The van der Waals surface area contributed by atoms with E-state index in [2.05, 4.69) is 28.2 Å². The maximum Gasteiger partial charge on any atom is 0.259 e. The van der Waals surface area contributed by atoms with Crippen molar-refractivity contribution in [3.63, 3.8) is 0 Å². The summed E-state index contributed by atoms with van der Waals surface area (Å²) in [5.41, 5.74) is 1.13. The van der Waals surface area contributed by atoms with Crippen molar-refractivity contribution < 1.29 is 14.3 Å². The van der Waals surface area contributed by atoms with Crippen LogP contribution in [-0.4, -0.2) is 18.6 Å². The number of halogens is 1. The van der Waals surface area contributed by atoms with Crippen molar-refractivity contribution in [2.45, 2.75) is 39.7 Å². The average molecular weight is 406 g/mol. The summed E-state index contributed by atoms with van der Waals surface area (Å²) < 4.78 is 12.4. The summed E-state index contributed by atoms with van der Waals surface area (Å²) >= 11 is 3.42. The lowest BCUT2D eigenvalue weighted by molar-refractivity contribution is 0.102. The topological polar surface area (TPSA) is 47.6 Å². The van der Waals surface area contributed by atoms with E-state index in [9.17, 15) is 4.79 Å². The van der Waals surface area contributed by atoms with Gasteiger partial charge in [0.1, 0.15) is 11.5 Å². The summed E-state index contributed by atoms with van der Waals surface area (Å²) in [6.45, 7) is 6.59. The Bertz CT molecular complexity index is 716. The number of carbonyl (C=O) groups excluding carboxylic acids is 1. The SMILES string of the molecule is CCCCOc1ccc(Br)cc1C(=O)Nc1ccccc1OC(C)C. The lowest BCUT2D eigenvalue weighted by atomic mass is 10.1. The zero-order valence-electron chi connectivity index (χ0n) is 14.8. The Morgan fingerprint density at radius 1 is 1.16 bits per heavy atom. The molecule has 5 heteroatoms. The van der Waals surface area contributed by atoms with E-state index in [4.69, 9.17) is 9.47 Å². The van der Waals surface area contributed by atoms with E-state index in [0.717, 1.165) is 17.3 Å². The molecule has 0 aliphatic heterocycles. The summed E-state index contributed by atoms with van der Waals surface area (Å²) in [5, 5.41) is 2.93. The molecule has 0 atom stereocenters. The summed E-state index contributed by atoms with van der Waals surface area (Å²) in [6, 6.07) is 12.9. The van der Waals surface area contributed by atoms with Crippen LogP contribution in [0.25, 0.3) is 0 Å². The fourth-order valence-electron chi connectivity index (χ4n) is 2.25. The number of hydrogen-bond acceptors (Lipinski definition) is 3. The van der Waals surface area contributed by atoms with Gasteiger partial charge < -0.3 is 14.8 Å². The molecule has 0 aliphatic rings. The zero-order chi connectivity index (χ0) is 18.2. The van der Waals surface area contributed by atoms with Gasteiger partial charge in [0, 0.05) is 4.47 Å². The van der Waals surface area contributed by atoms with Crippen LogP contribution in [0.3, 0.4) is 0 Å². The van der Waals surface area contributed by atoms with Gasteiger partial charge in [0.2, 0.25) is 0 Å². The van der Waals surface area contributed by atoms with Gasteiger partial charge in [-0.15, -0.1) is 0 Å². The van der Waals surface area contributed by atoms with Crippen LogP contribution in [0.2, 0.25) is 0 Å². The second kappa shape index (κ2) is 9.47. The van der Waals surface area contributed by atoms with E-state index in [1.807, 2.05) is 50.2 Å². The first-order valence-corrected chi connectivity index (χ1v) is 9.30. The molecule has 0 radical (unpaired) electrons. The molecule has 0 fully saturated rings. The Kier molecular flexibility index (Phi) is 7.31. The van der Waals surface area contributed by atoms with E-state index >= 15 is 0 Å². The Morgan fingerprint density at radius 2 is 1.92 bits per heavy atom. The van der Waals surface area contributed by atoms with E-state index < -0.39 is 0 Å². The largest absolute Gasteiger partial charge is 0.493 e. The molecule has 0 aliphatic carbocycles. The predicted molar refractivity (Wildman–Crippen MR) is 105 cm³/mol. The van der Waals surface area contributed by atoms with Crippen LogP contribution in [0, 0.1) is 0 Å². The molecular formula is C20H24BrNO3. The number of unbranched alkanes of at least 4 members (excludes halogenated alkanes) is 1. The van der Waals surface area contributed by atoms with Crippen molar-refractivity contribution in [2.75, 3.05) is 11.9 Å². The highest BCUT2D eigenvalue weighted by atomic mass is 79.9. The molecule has 1 amide bonds. The molecule has 2 rings (SSSR count). The first-order valence-electron chi connectivity index (χ1n) is 8.50. The molecule has 4 nitrogen and oxygen atoms in total. The number of benzene rings is 2. The molecule has 0 saturated heterocycles. The molecule has 0 heterocycles. The molecular weight excluding hydrogens is 382 g/mol. The third kappa shape index (κ3) is 5.78. The predicted octanol–water partition coefficient (Wildman–Crippen LogP) is 5.67. The third-order valence-electron chi connectivity index (χ3n) is 3.44. The number of amides is 1. The molecule has 134 valence electrons. The Morgan fingerprint density at radius 3 is 2.64 bits per heavy atom. The maximum atomic E-state index is 12.8. The summed E-state index contributed by atoms with van der Waals surface area (Å²) in [7, 11) is 0. The van der Waals surface area contributed by atoms with Gasteiger partial charge in [0.25, 0.3) is 5.91 Å². The van der Waals surface area contributed by atoms with Gasteiger partial charge in [0.05, 0.1) is 24.0 Å². The second-order valence-electron chi connectivity index (χ2n) is 5.96. The quantitative estimate of drug-likeness (QED) is 0.575. The molecule has 0 aromatic heterocycles. The van der Waals surface area contributed by atoms with Crippen LogP contribution in [0.1, 0.15) is 44.0 Å². The third-order valence-corrected chi connectivity index (χ3v) is 3.93. The van der Waals surface area contributed by atoms with Crippen LogP contribution >= 0.6 is 15.9 Å². The summed E-state index contributed by atoms with van der Waals surface area (Å²) in [5.74, 6) is 0.998. The lowest BCUT2D eigenvalue weighted by Crippen LogP contribution is -2.16. The van der Waals surface area contributed by atoms with Crippen LogP contribution in [0.15, 0.2) is 46.9 Å². The minimum atomic E-state index is -0.229. The van der Waals surface area contributed by atoms with Crippen molar-refractivity contribution in [2.24, 2.45) is 0 Å². The fraction of sp³-hybridized carbons (Fsp3) is 0.350. The van der Waals surface area contributed by atoms with E-state index in [1.165, 1.54) is 0 Å². The van der Waals surface area contributed by atoms with Crippen molar-refractivity contribution in [1.82, 2.24) is 0 Å². The molecule has 0 saturated carbocycles. The minimum Gasteiger partial charge on any atom is -0.493 e. The fourth-order valence-corrected chi connectivity index (χ4v) is 2.61. The smallest absolute Gasteiger partial charge is 0.259 e. The first-order chi connectivity index (χ1) is 12.0. The number of ether oxygens (including phenoxy) is 2. The van der Waals surface area contributed by atoms with Gasteiger partial charge in [-0.25, -0.2) is 0 Å². The van der Waals surface area contributed by atoms with Gasteiger partial charge in [-0.1, -0.05) is 41.4 Å². The van der Waals surface area contributed by atoms with E-state index in [-0.39, 0.29) is 12.0 Å².